The molecule has 0 aliphatic carbocycles. The molecule has 0 heterocycles. The van der Waals surface area contributed by atoms with Crippen molar-refractivity contribution in [1.82, 2.24) is 0 Å². The third-order valence-electron chi connectivity index (χ3n) is 1.14. The van der Waals surface area contributed by atoms with E-state index >= 15 is 0 Å². The number of halogens is 1. The van der Waals surface area contributed by atoms with Crippen LogP contribution in [0.1, 0.15) is 6.92 Å². The van der Waals surface area contributed by atoms with Gasteiger partial charge in [-0.05, 0) is 6.92 Å². The Morgan fingerprint density at radius 3 is 1.91 bits per heavy atom. The molecule has 2 atom stereocenters. The van der Waals surface area contributed by atoms with Gasteiger partial charge in [-0.15, -0.1) is 11.6 Å². The molecule has 0 aromatic heterocycles. The SMILES string of the molecule is CC(O)(C(=O)O)C(Cl)C(=O)O. The zero-order chi connectivity index (χ0) is 9.23. The Kier molecular flexibility index (Phi) is 2.84. The van der Waals surface area contributed by atoms with Crippen molar-refractivity contribution in [1.29, 1.82) is 0 Å². The van der Waals surface area contributed by atoms with Gasteiger partial charge in [0.05, 0.1) is 0 Å². The second-order valence-electron chi connectivity index (χ2n) is 2.15. The number of carbonyl (C=O) groups is 2. The molecule has 0 saturated carbocycles. The van der Waals surface area contributed by atoms with Crippen LogP contribution >= 0.6 is 11.6 Å². The van der Waals surface area contributed by atoms with E-state index in [2.05, 4.69) is 0 Å². The molecule has 0 amide bonds. The Balaban J connectivity index is 4.55. The summed E-state index contributed by atoms with van der Waals surface area (Å²) < 4.78 is 0. The molecule has 6 heteroatoms. The number of aliphatic carboxylic acids is 2. The van der Waals surface area contributed by atoms with Gasteiger partial charge in [0.15, 0.2) is 11.0 Å². The Hall–Kier alpha value is -0.810. The minimum Gasteiger partial charge on any atom is -0.480 e. The molecule has 0 bridgehead atoms. The van der Waals surface area contributed by atoms with Crippen LogP contribution in [0.25, 0.3) is 0 Å². The van der Waals surface area contributed by atoms with Crippen LogP contribution in [0.4, 0.5) is 0 Å². The maximum absolute atomic E-state index is 10.2. The van der Waals surface area contributed by atoms with E-state index in [1.54, 1.807) is 0 Å². The Morgan fingerprint density at radius 1 is 1.45 bits per heavy atom. The molecule has 0 spiro atoms. The Labute approximate surface area is 67.2 Å². The lowest BCUT2D eigenvalue weighted by Gasteiger charge is -2.19. The average Bonchev–Trinajstić information content (AvgIpc) is 1.85. The molecule has 64 valence electrons. The van der Waals surface area contributed by atoms with Crippen LogP contribution in [0.15, 0.2) is 0 Å². The Bertz CT molecular complexity index is 187. The summed E-state index contributed by atoms with van der Waals surface area (Å²) in [6.45, 7) is 0.821. The first-order valence-electron chi connectivity index (χ1n) is 2.62. The highest BCUT2D eigenvalue weighted by Crippen LogP contribution is 2.16. The summed E-state index contributed by atoms with van der Waals surface area (Å²) in [4.78, 5) is 20.3. The predicted octanol–water partition coefficient (Wildman–Crippen LogP) is -0.486. The molecule has 0 aromatic carbocycles. The topological polar surface area (TPSA) is 94.8 Å². The van der Waals surface area contributed by atoms with E-state index in [-0.39, 0.29) is 0 Å². The molecule has 0 rings (SSSR count). The van der Waals surface area contributed by atoms with E-state index in [0.717, 1.165) is 6.92 Å². The second-order valence-corrected chi connectivity index (χ2v) is 2.59. The van der Waals surface area contributed by atoms with Gasteiger partial charge in [-0.3, -0.25) is 4.79 Å². The number of carboxylic acids is 2. The fourth-order valence-corrected chi connectivity index (χ4v) is 0.442. The normalized spacial score (nSPS) is 18.5. The standard InChI is InChI=1S/C5H7ClO5/c1-5(11,4(9)10)2(6)3(7)8/h2,11H,1H3,(H,7,8)(H,9,10). The number of hydrogen-bond acceptors (Lipinski definition) is 3. The van der Waals surface area contributed by atoms with Crippen molar-refractivity contribution in [2.75, 3.05) is 0 Å². The quantitative estimate of drug-likeness (QED) is 0.512. The van der Waals surface area contributed by atoms with E-state index in [0.29, 0.717) is 0 Å². The number of rotatable bonds is 3. The molecule has 0 fully saturated rings. The van der Waals surface area contributed by atoms with E-state index in [9.17, 15) is 9.59 Å². The van der Waals surface area contributed by atoms with Crippen LogP contribution in [0.2, 0.25) is 0 Å². The van der Waals surface area contributed by atoms with Gasteiger partial charge in [-0.1, -0.05) is 0 Å². The van der Waals surface area contributed by atoms with Gasteiger partial charge in [0.2, 0.25) is 0 Å². The molecule has 0 radical (unpaired) electrons. The van der Waals surface area contributed by atoms with E-state index in [4.69, 9.17) is 26.9 Å². The molecule has 5 nitrogen and oxygen atoms in total. The van der Waals surface area contributed by atoms with Crippen molar-refractivity contribution in [2.24, 2.45) is 0 Å². The summed E-state index contributed by atoms with van der Waals surface area (Å²) in [6.07, 6.45) is 0. The first kappa shape index (κ1) is 10.2. The molecule has 0 aromatic rings. The summed E-state index contributed by atoms with van der Waals surface area (Å²) in [5.74, 6) is -3.24. The third-order valence-corrected chi connectivity index (χ3v) is 1.75. The third kappa shape index (κ3) is 2.06. The summed E-state index contributed by atoms with van der Waals surface area (Å²) in [6, 6.07) is 0. The maximum Gasteiger partial charge on any atom is 0.337 e. The van der Waals surface area contributed by atoms with Crippen molar-refractivity contribution in [3.05, 3.63) is 0 Å². The van der Waals surface area contributed by atoms with Crippen molar-refractivity contribution < 1.29 is 24.9 Å². The molecular weight excluding hydrogens is 176 g/mol. The minimum absolute atomic E-state index is 0.821. The summed E-state index contributed by atoms with van der Waals surface area (Å²) >= 11 is 5.07. The van der Waals surface area contributed by atoms with Gasteiger partial charge < -0.3 is 15.3 Å². The van der Waals surface area contributed by atoms with Crippen LogP contribution in [0.3, 0.4) is 0 Å². The monoisotopic (exact) mass is 182 g/mol. The number of alkyl halides is 1. The van der Waals surface area contributed by atoms with Crippen molar-refractivity contribution in [3.8, 4) is 0 Å². The zero-order valence-electron chi connectivity index (χ0n) is 5.61. The van der Waals surface area contributed by atoms with Gasteiger partial charge in [0.1, 0.15) is 0 Å². The second kappa shape index (κ2) is 3.06. The lowest BCUT2D eigenvalue weighted by Crippen LogP contribution is -2.47. The molecule has 0 aliphatic rings. The van der Waals surface area contributed by atoms with Gasteiger partial charge in [-0.2, -0.15) is 0 Å². The highest BCUT2D eigenvalue weighted by molar-refractivity contribution is 6.32. The summed E-state index contributed by atoms with van der Waals surface area (Å²) in [7, 11) is 0. The average molecular weight is 183 g/mol. The van der Waals surface area contributed by atoms with Gasteiger partial charge in [0, 0.05) is 0 Å². The van der Waals surface area contributed by atoms with Crippen LogP contribution in [-0.2, 0) is 9.59 Å². The van der Waals surface area contributed by atoms with Crippen molar-refractivity contribution >= 4 is 23.5 Å². The molecule has 2 unspecified atom stereocenters. The molecule has 11 heavy (non-hydrogen) atoms. The molecule has 3 N–H and O–H groups in total. The van der Waals surface area contributed by atoms with Crippen LogP contribution in [-0.4, -0.2) is 38.2 Å². The van der Waals surface area contributed by atoms with Crippen LogP contribution in [0, 0.1) is 0 Å². The van der Waals surface area contributed by atoms with Crippen molar-refractivity contribution in [3.63, 3.8) is 0 Å². The minimum atomic E-state index is -2.44. The smallest absolute Gasteiger partial charge is 0.337 e. The highest BCUT2D eigenvalue weighted by atomic mass is 35.5. The maximum atomic E-state index is 10.2. The predicted molar refractivity (Wildman–Crippen MR) is 35.5 cm³/mol. The first-order chi connectivity index (χ1) is 4.80. The van der Waals surface area contributed by atoms with Crippen LogP contribution in [0.5, 0.6) is 0 Å². The van der Waals surface area contributed by atoms with Gasteiger partial charge in [0.25, 0.3) is 0 Å². The zero-order valence-corrected chi connectivity index (χ0v) is 6.37. The molecule has 0 saturated heterocycles. The van der Waals surface area contributed by atoms with Crippen molar-refractivity contribution in [2.45, 2.75) is 17.9 Å². The number of aliphatic hydroxyl groups is 1. The van der Waals surface area contributed by atoms with E-state index in [1.165, 1.54) is 0 Å². The fraction of sp³-hybridized carbons (Fsp3) is 0.600. The van der Waals surface area contributed by atoms with Gasteiger partial charge in [-0.25, -0.2) is 4.79 Å². The number of carboxylic acid groups (broad SMARTS) is 2. The van der Waals surface area contributed by atoms with Gasteiger partial charge >= 0.3 is 11.9 Å². The molecule has 0 aliphatic heterocycles. The highest BCUT2D eigenvalue weighted by Gasteiger charge is 2.42. The number of hydrogen-bond donors (Lipinski definition) is 3. The lowest BCUT2D eigenvalue weighted by molar-refractivity contribution is -0.162. The van der Waals surface area contributed by atoms with E-state index < -0.39 is 22.9 Å². The summed E-state index contributed by atoms with van der Waals surface area (Å²) in [5, 5.41) is 23.5. The Morgan fingerprint density at radius 2 is 1.82 bits per heavy atom. The molecular formula is C5H7ClO5. The summed E-state index contributed by atoms with van der Waals surface area (Å²) in [5.41, 5.74) is -2.44. The largest absolute Gasteiger partial charge is 0.480 e. The fourth-order valence-electron chi connectivity index (χ4n) is 0.349. The van der Waals surface area contributed by atoms with E-state index in [1.807, 2.05) is 0 Å². The van der Waals surface area contributed by atoms with Crippen LogP contribution < -0.4 is 0 Å². The lowest BCUT2D eigenvalue weighted by atomic mass is 10.0. The first-order valence-corrected chi connectivity index (χ1v) is 3.06.